The number of para-hydroxylation sites is 6. The summed E-state index contributed by atoms with van der Waals surface area (Å²) in [6.07, 6.45) is 0. The highest BCUT2D eigenvalue weighted by Gasteiger charge is 2.52. The fourth-order valence-electron chi connectivity index (χ4n) is 12.1. The van der Waals surface area contributed by atoms with Crippen LogP contribution in [0, 0.1) is 0 Å². The van der Waals surface area contributed by atoms with Gasteiger partial charge in [0.05, 0.1) is 5.41 Å². The van der Waals surface area contributed by atoms with E-state index >= 15 is 0 Å². The summed E-state index contributed by atoms with van der Waals surface area (Å²) in [5, 5.41) is 0. The zero-order valence-electron chi connectivity index (χ0n) is 42.3. The Balaban J connectivity index is 0.923. The fourth-order valence-corrected chi connectivity index (χ4v) is 12.1. The van der Waals surface area contributed by atoms with Crippen LogP contribution in [0.3, 0.4) is 0 Å². The van der Waals surface area contributed by atoms with Crippen LogP contribution in [0.25, 0.3) is 22.3 Å². The molecule has 12 aromatic rings. The minimum atomic E-state index is -0.611. The van der Waals surface area contributed by atoms with E-state index in [0.29, 0.717) is 0 Å². The molecule has 2 aliphatic carbocycles. The van der Waals surface area contributed by atoms with Crippen molar-refractivity contribution in [3.63, 3.8) is 0 Å². The molecule has 0 radical (unpaired) electrons. The molecular formula is C73H52N4. The Morgan fingerprint density at radius 3 is 0.623 bits per heavy atom. The number of benzene rings is 12. The maximum Gasteiger partial charge on any atom is 0.0727 e. The van der Waals surface area contributed by atoms with E-state index in [9.17, 15) is 0 Å². The smallest absolute Gasteiger partial charge is 0.0727 e. The third kappa shape index (κ3) is 7.77. The highest BCUT2D eigenvalue weighted by Crippen LogP contribution is 2.64. The lowest BCUT2D eigenvalue weighted by atomic mass is 9.70. The largest absolute Gasteiger partial charge is 0.311 e. The molecule has 0 N–H and O–H groups in total. The van der Waals surface area contributed by atoms with E-state index in [1.165, 1.54) is 44.5 Å². The van der Waals surface area contributed by atoms with Crippen molar-refractivity contribution >= 4 is 68.2 Å². The van der Waals surface area contributed by atoms with Crippen molar-refractivity contribution in [1.29, 1.82) is 0 Å². The maximum absolute atomic E-state index is 2.48. The second-order valence-corrected chi connectivity index (χ2v) is 19.7. The van der Waals surface area contributed by atoms with Crippen LogP contribution < -0.4 is 19.6 Å². The van der Waals surface area contributed by atoms with E-state index < -0.39 is 5.41 Å². The Bertz CT molecular complexity index is 3670. The van der Waals surface area contributed by atoms with Gasteiger partial charge in [0.2, 0.25) is 0 Å². The number of hydrogen-bond donors (Lipinski definition) is 0. The van der Waals surface area contributed by atoms with Crippen LogP contribution >= 0.6 is 0 Å². The van der Waals surface area contributed by atoms with Gasteiger partial charge in [0.1, 0.15) is 0 Å². The first kappa shape index (κ1) is 45.5. The van der Waals surface area contributed by atoms with Gasteiger partial charge in [-0.2, -0.15) is 0 Å². The standard InChI is InChI=1S/C73H52N4/c1-7-23-53(24-8-1)74(54-25-9-2-10-26-54)59-39-43-61(44-40-59)76(57-31-15-5-16-32-57)63-47-49-67-68-50-48-64(52-72(68)73(71(67)51-63)69-37-21-19-35-65(69)66-36-20-22-38-70(66)73)77(58-33-17-6-18-34-58)62-45-41-60(42-46-62)75(55-27-11-3-12-28-55)56-29-13-4-14-30-56/h1-52H. The summed E-state index contributed by atoms with van der Waals surface area (Å²) in [5.74, 6) is 0. The molecule has 0 heterocycles. The van der Waals surface area contributed by atoms with Crippen LogP contribution in [0.15, 0.2) is 315 Å². The van der Waals surface area contributed by atoms with Crippen LogP contribution in [0.1, 0.15) is 22.3 Å². The lowest BCUT2D eigenvalue weighted by Gasteiger charge is -2.33. The van der Waals surface area contributed by atoms with Crippen molar-refractivity contribution in [2.45, 2.75) is 5.41 Å². The fraction of sp³-hybridized carbons (Fsp3) is 0.0137. The number of rotatable bonds is 12. The Labute approximate surface area is 450 Å². The summed E-state index contributed by atoms with van der Waals surface area (Å²) in [6.45, 7) is 0. The van der Waals surface area contributed by atoms with E-state index in [-0.39, 0.29) is 0 Å². The number of anilines is 12. The molecular weight excluding hydrogens is 933 g/mol. The third-order valence-electron chi connectivity index (χ3n) is 15.4. The topological polar surface area (TPSA) is 13.0 Å². The lowest BCUT2D eigenvalue weighted by molar-refractivity contribution is 0.793. The van der Waals surface area contributed by atoms with Gasteiger partial charge < -0.3 is 19.6 Å². The molecule has 364 valence electrons. The van der Waals surface area contributed by atoms with E-state index in [1.807, 2.05) is 0 Å². The molecule has 0 unspecified atom stereocenters. The molecule has 2 aliphatic rings. The quantitative estimate of drug-likeness (QED) is 0.121. The normalized spacial score (nSPS) is 12.3. The Hall–Kier alpha value is -10.2. The minimum Gasteiger partial charge on any atom is -0.311 e. The highest BCUT2D eigenvalue weighted by atomic mass is 15.2. The number of fused-ring (bicyclic) bond motifs is 10. The van der Waals surface area contributed by atoms with Crippen molar-refractivity contribution in [2.24, 2.45) is 0 Å². The highest BCUT2D eigenvalue weighted by molar-refractivity contribution is 5.98. The predicted molar refractivity (Wildman–Crippen MR) is 321 cm³/mol. The Kier molecular flexibility index (Phi) is 11.4. The lowest BCUT2D eigenvalue weighted by Crippen LogP contribution is -2.26. The van der Waals surface area contributed by atoms with Gasteiger partial charge in [-0.3, -0.25) is 0 Å². The molecule has 0 atom stereocenters. The van der Waals surface area contributed by atoms with Gasteiger partial charge in [-0.15, -0.1) is 0 Å². The molecule has 77 heavy (non-hydrogen) atoms. The van der Waals surface area contributed by atoms with Crippen LogP contribution in [-0.4, -0.2) is 0 Å². The molecule has 14 rings (SSSR count). The van der Waals surface area contributed by atoms with Crippen LogP contribution in [0.5, 0.6) is 0 Å². The Morgan fingerprint density at radius 2 is 0.351 bits per heavy atom. The van der Waals surface area contributed by atoms with Gasteiger partial charge >= 0.3 is 0 Å². The SMILES string of the molecule is c1ccc(N(c2ccccc2)c2ccc(N(c3ccccc3)c3ccc4c(c3)C3(c5ccccc5-c5ccccc53)c3cc(N(c5ccccc5)c5ccc(N(c6ccccc6)c6ccccc6)cc5)ccc3-4)cc2)cc1. The summed E-state index contributed by atoms with van der Waals surface area (Å²) in [6, 6.07) is 115. The summed E-state index contributed by atoms with van der Waals surface area (Å²) in [7, 11) is 0. The summed E-state index contributed by atoms with van der Waals surface area (Å²) in [4.78, 5) is 9.45. The molecule has 12 aromatic carbocycles. The van der Waals surface area contributed by atoms with Gasteiger partial charge in [0.15, 0.2) is 0 Å². The van der Waals surface area contributed by atoms with E-state index in [0.717, 1.165) is 68.2 Å². The molecule has 0 aliphatic heterocycles. The van der Waals surface area contributed by atoms with Gasteiger partial charge in [0.25, 0.3) is 0 Å². The summed E-state index contributed by atoms with van der Waals surface area (Å²) >= 11 is 0. The zero-order valence-corrected chi connectivity index (χ0v) is 42.3. The summed E-state index contributed by atoms with van der Waals surface area (Å²) in [5.41, 5.74) is 22.6. The van der Waals surface area contributed by atoms with Gasteiger partial charge in [-0.1, -0.05) is 170 Å². The second-order valence-electron chi connectivity index (χ2n) is 19.7. The van der Waals surface area contributed by atoms with Crippen LogP contribution in [0.4, 0.5) is 68.2 Å². The van der Waals surface area contributed by atoms with Gasteiger partial charge in [-0.05, 0) is 190 Å². The van der Waals surface area contributed by atoms with E-state index in [1.54, 1.807) is 0 Å². The van der Waals surface area contributed by atoms with Crippen LogP contribution in [-0.2, 0) is 5.41 Å². The molecule has 0 fully saturated rings. The monoisotopic (exact) mass is 984 g/mol. The first-order chi connectivity index (χ1) is 38.2. The van der Waals surface area contributed by atoms with Gasteiger partial charge in [0, 0.05) is 68.2 Å². The van der Waals surface area contributed by atoms with Gasteiger partial charge in [-0.25, -0.2) is 0 Å². The third-order valence-corrected chi connectivity index (χ3v) is 15.4. The zero-order chi connectivity index (χ0) is 51.1. The second kappa shape index (κ2) is 19.3. The maximum atomic E-state index is 2.48. The molecule has 0 amide bonds. The van der Waals surface area contributed by atoms with Crippen molar-refractivity contribution in [1.82, 2.24) is 0 Å². The first-order valence-corrected chi connectivity index (χ1v) is 26.4. The van der Waals surface area contributed by atoms with E-state index in [4.69, 9.17) is 0 Å². The molecule has 1 spiro atoms. The Morgan fingerprint density at radius 1 is 0.156 bits per heavy atom. The number of nitrogens with zero attached hydrogens (tertiary/aromatic N) is 4. The van der Waals surface area contributed by atoms with Crippen molar-refractivity contribution in [3.05, 3.63) is 338 Å². The average molecular weight is 985 g/mol. The molecule has 4 nitrogen and oxygen atoms in total. The molecule has 0 aromatic heterocycles. The molecule has 4 heteroatoms. The summed E-state index contributed by atoms with van der Waals surface area (Å²) < 4.78 is 0. The minimum absolute atomic E-state index is 0.611. The van der Waals surface area contributed by atoms with Crippen molar-refractivity contribution in [2.75, 3.05) is 19.6 Å². The van der Waals surface area contributed by atoms with Crippen molar-refractivity contribution in [3.8, 4) is 22.3 Å². The molecule has 0 saturated heterocycles. The van der Waals surface area contributed by atoms with Crippen molar-refractivity contribution < 1.29 is 0 Å². The molecule has 0 saturated carbocycles. The molecule has 0 bridgehead atoms. The number of hydrogen-bond acceptors (Lipinski definition) is 4. The predicted octanol–water partition coefficient (Wildman–Crippen LogP) is 19.9. The van der Waals surface area contributed by atoms with Crippen LogP contribution in [0.2, 0.25) is 0 Å². The average Bonchev–Trinajstić information content (AvgIpc) is 4.21. The first-order valence-electron chi connectivity index (χ1n) is 26.4. The van der Waals surface area contributed by atoms with E-state index in [2.05, 4.69) is 335 Å².